The molecular formula is C20H33IO3. The molecule has 3 nitrogen and oxygen atoms in total. The molecule has 0 spiro atoms. The molecule has 0 radical (unpaired) electrons. The highest BCUT2D eigenvalue weighted by molar-refractivity contribution is 14.1. The van der Waals surface area contributed by atoms with E-state index in [9.17, 15) is 0 Å². The van der Waals surface area contributed by atoms with Gasteiger partial charge in [-0.3, -0.25) is 0 Å². The van der Waals surface area contributed by atoms with Crippen molar-refractivity contribution in [2.75, 3.05) is 13.2 Å². The number of rotatable bonds is 9. The highest BCUT2D eigenvalue weighted by atomic mass is 127. The molecule has 2 fully saturated rings. The van der Waals surface area contributed by atoms with E-state index in [1.165, 1.54) is 22.0 Å². The molecule has 0 bridgehead atoms. The lowest BCUT2D eigenvalue weighted by molar-refractivity contribution is -0.184. The summed E-state index contributed by atoms with van der Waals surface area (Å²) < 4.78 is 18.7. The van der Waals surface area contributed by atoms with Crippen molar-refractivity contribution in [1.29, 1.82) is 0 Å². The summed E-state index contributed by atoms with van der Waals surface area (Å²) in [6, 6.07) is 0. The highest BCUT2D eigenvalue weighted by Crippen LogP contribution is 2.33. The quantitative estimate of drug-likeness (QED) is 0.338. The Hall–Kier alpha value is 0.0900. The Balaban J connectivity index is 1.65. The smallest absolute Gasteiger partial charge is 0.157 e. The summed E-state index contributed by atoms with van der Waals surface area (Å²) in [7, 11) is 0. The summed E-state index contributed by atoms with van der Waals surface area (Å²) in [5.74, 6) is 1.29. The van der Waals surface area contributed by atoms with Crippen LogP contribution < -0.4 is 0 Å². The Morgan fingerprint density at radius 1 is 1.21 bits per heavy atom. The van der Waals surface area contributed by atoms with Crippen LogP contribution in [-0.2, 0) is 14.2 Å². The average molecular weight is 448 g/mol. The lowest BCUT2D eigenvalue weighted by Gasteiger charge is -2.24. The number of hydrogen-bond donors (Lipinski definition) is 0. The molecule has 2 aliphatic rings. The molecule has 0 amide bonds. The first-order valence-electron chi connectivity index (χ1n) is 9.36. The Labute approximate surface area is 161 Å². The predicted octanol–water partition coefficient (Wildman–Crippen LogP) is 5.63. The fourth-order valence-electron chi connectivity index (χ4n) is 3.55. The monoisotopic (exact) mass is 448 g/mol. The second-order valence-corrected chi connectivity index (χ2v) is 8.86. The van der Waals surface area contributed by atoms with Crippen molar-refractivity contribution in [1.82, 2.24) is 0 Å². The molecule has 0 aromatic heterocycles. The summed E-state index contributed by atoms with van der Waals surface area (Å²) in [4.78, 5) is 0. The summed E-state index contributed by atoms with van der Waals surface area (Å²) in [5.41, 5.74) is 1.27. The molecule has 4 heteroatoms. The molecule has 0 aliphatic carbocycles. The third kappa shape index (κ3) is 6.77. The second kappa shape index (κ2) is 10.3. The van der Waals surface area contributed by atoms with Crippen LogP contribution in [0.3, 0.4) is 0 Å². The third-order valence-corrected chi connectivity index (χ3v) is 6.20. The summed E-state index contributed by atoms with van der Waals surface area (Å²) in [6.45, 7) is 14.6. The van der Waals surface area contributed by atoms with Gasteiger partial charge in [0.05, 0.1) is 25.4 Å². The van der Waals surface area contributed by atoms with Crippen LogP contribution in [0.2, 0.25) is 0 Å². The van der Waals surface area contributed by atoms with Gasteiger partial charge in [-0.15, -0.1) is 0 Å². The van der Waals surface area contributed by atoms with E-state index < -0.39 is 0 Å². The maximum Gasteiger partial charge on any atom is 0.157 e. The van der Waals surface area contributed by atoms with Gasteiger partial charge in [0, 0.05) is 6.42 Å². The van der Waals surface area contributed by atoms with Gasteiger partial charge in [-0.25, -0.2) is 0 Å². The zero-order chi connectivity index (χ0) is 17.5. The Bertz CT molecular complexity index is 417. The number of halogens is 1. The van der Waals surface area contributed by atoms with Gasteiger partial charge in [0.2, 0.25) is 0 Å². The minimum atomic E-state index is -0.0300. The van der Waals surface area contributed by atoms with Crippen molar-refractivity contribution in [3.05, 3.63) is 22.3 Å². The molecule has 2 heterocycles. The van der Waals surface area contributed by atoms with Gasteiger partial charge in [-0.1, -0.05) is 27.0 Å². The number of ether oxygens (including phenoxy) is 3. The standard InChI is InChI=1S/C20H33IO3/c1-14(12-15(2)17(4)21)6-8-19-16(3)13-18(24-19)7-9-20-22-10-5-11-23-20/h14-15,18-20H,3-13H2,1-2H3/t14-,15?,18-,19-/m0/s1. The van der Waals surface area contributed by atoms with Gasteiger partial charge in [-0.05, 0) is 82.1 Å². The van der Waals surface area contributed by atoms with Crippen LogP contribution in [0, 0.1) is 11.8 Å². The largest absolute Gasteiger partial charge is 0.370 e. The molecule has 1 unspecified atom stereocenters. The van der Waals surface area contributed by atoms with Crippen LogP contribution in [0.1, 0.15) is 58.8 Å². The number of allylic oxidation sites excluding steroid dienone is 1. The van der Waals surface area contributed by atoms with Gasteiger partial charge in [0.1, 0.15) is 0 Å². The molecule has 0 aromatic rings. The summed E-state index contributed by atoms with van der Waals surface area (Å²) in [6.07, 6.45) is 7.93. The van der Waals surface area contributed by atoms with Crippen molar-refractivity contribution in [3.8, 4) is 0 Å². The van der Waals surface area contributed by atoms with E-state index in [4.69, 9.17) is 14.2 Å². The first-order chi connectivity index (χ1) is 11.5. The zero-order valence-corrected chi connectivity index (χ0v) is 17.4. The van der Waals surface area contributed by atoms with Crippen LogP contribution >= 0.6 is 22.6 Å². The molecule has 0 saturated carbocycles. The molecule has 24 heavy (non-hydrogen) atoms. The molecule has 2 rings (SSSR count). The first kappa shape index (κ1) is 20.4. The van der Waals surface area contributed by atoms with Crippen molar-refractivity contribution in [2.45, 2.75) is 77.3 Å². The van der Waals surface area contributed by atoms with E-state index in [1.54, 1.807) is 0 Å². The molecule has 138 valence electrons. The van der Waals surface area contributed by atoms with Crippen molar-refractivity contribution in [2.24, 2.45) is 11.8 Å². The van der Waals surface area contributed by atoms with Crippen molar-refractivity contribution >= 4 is 22.6 Å². The normalized spacial score (nSPS) is 28.0. The predicted molar refractivity (Wildman–Crippen MR) is 107 cm³/mol. The zero-order valence-electron chi connectivity index (χ0n) is 15.3. The fourth-order valence-corrected chi connectivity index (χ4v) is 3.81. The van der Waals surface area contributed by atoms with E-state index in [0.29, 0.717) is 17.9 Å². The topological polar surface area (TPSA) is 27.7 Å². The van der Waals surface area contributed by atoms with Crippen LogP contribution in [-0.4, -0.2) is 31.7 Å². The second-order valence-electron chi connectivity index (χ2n) is 7.48. The van der Waals surface area contributed by atoms with Gasteiger partial charge in [0.15, 0.2) is 6.29 Å². The third-order valence-electron chi connectivity index (χ3n) is 5.13. The fraction of sp³-hybridized carbons (Fsp3) is 0.800. The van der Waals surface area contributed by atoms with E-state index in [2.05, 4.69) is 49.6 Å². The molecule has 0 aromatic carbocycles. The van der Waals surface area contributed by atoms with Gasteiger partial charge >= 0.3 is 0 Å². The van der Waals surface area contributed by atoms with Crippen molar-refractivity contribution in [3.63, 3.8) is 0 Å². The maximum atomic E-state index is 6.24. The van der Waals surface area contributed by atoms with E-state index in [0.717, 1.165) is 45.3 Å². The van der Waals surface area contributed by atoms with Crippen LogP contribution in [0.15, 0.2) is 22.3 Å². The number of hydrogen-bond acceptors (Lipinski definition) is 3. The maximum absolute atomic E-state index is 6.24. The Morgan fingerprint density at radius 2 is 1.92 bits per heavy atom. The molecule has 0 N–H and O–H groups in total. The van der Waals surface area contributed by atoms with Gasteiger partial charge < -0.3 is 14.2 Å². The molecular weight excluding hydrogens is 415 g/mol. The lowest BCUT2D eigenvalue weighted by atomic mass is 9.91. The SMILES string of the molecule is C=C(I)C(C)C[C@@H](C)CC[C@@H]1O[C@@H](CCC2OCCCO2)CC1=C. The Morgan fingerprint density at radius 3 is 2.58 bits per heavy atom. The Kier molecular flexibility index (Phi) is 8.75. The molecule has 4 atom stereocenters. The molecule has 2 aliphatic heterocycles. The van der Waals surface area contributed by atoms with E-state index in [1.807, 2.05) is 0 Å². The average Bonchev–Trinajstić information content (AvgIpc) is 2.92. The minimum absolute atomic E-state index is 0.0300. The minimum Gasteiger partial charge on any atom is -0.370 e. The van der Waals surface area contributed by atoms with Crippen LogP contribution in [0.25, 0.3) is 0 Å². The lowest BCUT2D eigenvalue weighted by Crippen LogP contribution is -2.26. The van der Waals surface area contributed by atoms with Crippen molar-refractivity contribution < 1.29 is 14.2 Å². The summed E-state index contributed by atoms with van der Waals surface area (Å²) in [5, 5.41) is 0. The van der Waals surface area contributed by atoms with E-state index >= 15 is 0 Å². The van der Waals surface area contributed by atoms with Crippen LogP contribution in [0.5, 0.6) is 0 Å². The first-order valence-corrected chi connectivity index (χ1v) is 10.4. The van der Waals surface area contributed by atoms with Gasteiger partial charge in [-0.2, -0.15) is 0 Å². The molecule has 2 saturated heterocycles. The van der Waals surface area contributed by atoms with E-state index in [-0.39, 0.29) is 12.4 Å². The van der Waals surface area contributed by atoms with Gasteiger partial charge in [0.25, 0.3) is 0 Å². The van der Waals surface area contributed by atoms with Crippen LogP contribution in [0.4, 0.5) is 0 Å². The highest BCUT2D eigenvalue weighted by Gasteiger charge is 2.29. The summed E-state index contributed by atoms with van der Waals surface area (Å²) >= 11 is 2.35.